The van der Waals surface area contributed by atoms with Crippen molar-refractivity contribution in [3.8, 4) is 0 Å². The largest absolute Gasteiger partial charge is 0.397 e. The molecule has 3 N–H and O–H groups in total. The summed E-state index contributed by atoms with van der Waals surface area (Å²) in [6.07, 6.45) is 3.31. The van der Waals surface area contributed by atoms with E-state index in [9.17, 15) is 0 Å². The number of nitrogen functional groups attached to an aromatic ring is 1. The van der Waals surface area contributed by atoms with E-state index in [1.807, 2.05) is 24.6 Å². The van der Waals surface area contributed by atoms with Crippen molar-refractivity contribution in [2.75, 3.05) is 11.1 Å². The van der Waals surface area contributed by atoms with Crippen molar-refractivity contribution >= 4 is 11.5 Å². The summed E-state index contributed by atoms with van der Waals surface area (Å²) < 4.78 is 1.86. The lowest BCUT2D eigenvalue weighted by atomic mass is 10.2. The third-order valence-corrected chi connectivity index (χ3v) is 2.38. The van der Waals surface area contributed by atoms with Gasteiger partial charge in [-0.2, -0.15) is 0 Å². The highest BCUT2D eigenvalue weighted by atomic mass is 15.3. The zero-order chi connectivity index (χ0) is 11.5. The summed E-state index contributed by atoms with van der Waals surface area (Å²) in [5.41, 5.74) is 7.39. The maximum atomic E-state index is 5.69. The SMILES string of the molecule is Cc1cc(NCc2nncn2C)ncc1N. The minimum Gasteiger partial charge on any atom is -0.397 e. The van der Waals surface area contributed by atoms with E-state index in [-0.39, 0.29) is 0 Å². The van der Waals surface area contributed by atoms with Crippen LogP contribution in [-0.2, 0) is 13.6 Å². The molecule has 6 heteroatoms. The Kier molecular flexibility index (Phi) is 2.72. The molecule has 0 aromatic carbocycles. The second-order valence-electron chi connectivity index (χ2n) is 3.64. The zero-order valence-corrected chi connectivity index (χ0v) is 9.31. The molecule has 0 aliphatic carbocycles. The number of rotatable bonds is 3. The predicted octanol–water partition coefficient (Wildman–Crippen LogP) is 0.713. The van der Waals surface area contributed by atoms with Gasteiger partial charge in [-0.3, -0.25) is 0 Å². The molecule has 2 heterocycles. The van der Waals surface area contributed by atoms with Crippen LogP contribution < -0.4 is 11.1 Å². The molecule has 0 atom stereocenters. The molecule has 0 spiro atoms. The lowest BCUT2D eigenvalue weighted by molar-refractivity contribution is 0.810. The van der Waals surface area contributed by atoms with Gasteiger partial charge >= 0.3 is 0 Å². The molecular formula is C10H14N6. The topological polar surface area (TPSA) is 81.7 Å². The third-order valence-electron chi connectivity index (χ3n) is 2.38. The van der Waals surface area contributed by atoms with Crippen LogP contribution in [0.2, 0.25) is 0 Å². The molecule has 0 amide bonds. The van der Waals surface area contributed by atoms with Crippen LogP contribution in [0, 0.1) is 6.92 Å². The molecule has 2 aromatic heterocycles. The van der Waals surface area contributed by atoms with Crippen molar-refractivity contribution in [1.82, 2.24) is 19.7 Å². The number of hydrogen-bond acceptors (Lipinski definition) is 5. The summed E-state index contributed by atoms with van der Waals surface area (Å²) >= 11 is 0. The first-order valence-electron chi connectivity index (χ1n) is 4.95. The van der Waals surface area contributed by atoms with E-state index in [0.29, 0.717) is 12.2 Å². The Hall–Kier alpha value is -2.11. The maximum absolute atomic E-state index is 5.69. The first-order chi connectivity index (χ1) is 7.66. The van der Waals surface area contributed by atoms with Crippen molar-refractivity contribution in [1.29, 1.82) is 0 Å². The molecule has 0 aliphatic heterocycles. The van der Waals surface area contributed by atoms with Gasteiger partial charge in [0.25, 0.3) is 0 Å². The number of anilines is 2. The minimum atomic E-state index is 0.590. The molecule has 84 valence electrons. The molecule has 0 fully saturated rings. The van der Waals surface area contributed by atoms with Crippen molar-refractivity contribution in [3.63, 3.8) is 0 Å². The van der Waals surface area contributed by atoms with Gasteiger partial charge in [0.15, 0.2) is 5.82 Å². The fraction of sp³-hybridized carbons (Fsp3) is 0.300. The van der Waals surface area contributed by atoms with E-state index in [1.165, 1.54) is 0 Å². The van der Waals surface area contributed by atoms with Gasteiger partial charge in [0, 0.05) is 7.05 Å². The van der Waals surface area contributed by atoms with Gasteiger partial charge in [0.05, 0.1) is 18.4 Å². The summed E-state index contributed by atoms with van der Waals surface area (Å²) in [5.74, 6) is 1.64. The second kappa shape index (κ2) is 4.18. The van der Waals surface area contributed by atoms with Crippen molar-refractivity contribution in [2.45, 2.75) is 13.5 Å². The van der Waals surface area contributed by atoms with Crippen LogP contribution >= 0.6 is 0 Å². The van der Waals surface area contributed by atoms with Crippen LogP contribution in [0.1, 0.15) is 11.4 Å². The molecule has 0 bridgehead atoms. The summed E-state index contributed by atoms with van der Waals surface area (Å²) in [6, 6.07) is 1.91. The monoisotopic (exact) mass is 218 g/mol. The standard InChI is InChI=1S/C10H14N6/c1-7-3-9(12-4-8(7)11)13-5-10-15-14-6-16(10)2/h3-4,6H,5,11H2,1-2H3,(H,12,13). The van der Waals surface area contributed by atoms with Crippen LogP contribution in [0.5, 0.6) is 0 Å². The van der Waals surface area contributed by atoms with Crippen LogP contribution in [0.4, 0.5) is 11.5 Å². The van der Waals surface area contributed by atoms with Gasteiger partial charge in [0.1, 0.15) is 12.1 Å². The number of aryl methyl sites for hydroxylation is 2. The van der Waals surface area contributed by atoms with E-state index in [4.69, 9.17) is 5.73 Å². The van der Waals surface area contributed by atoms with Gasteiger partial charge < -0.3 is 15.6 Å². The van der Waals surface area contributed by atoms with E-state index < -0.39 is 0 Å². The highest BCUT2D eigenvalue weighted by molar-refractivity contribution is 5.50. The van der Waals surface area contributed by atoms with Crippen LogP contribution in [0.15, 0.2) is 18.6 Å². The maximum Gasteiger partial charge on any atom is 0.151 e. The number of hydrogen-bond donors (Lipinski definition) is 2. The average Bonchev–Trinajstić information content (AvgIpc) is 2.66. The summed E-state index contributed by atoms with van der Waals surface area (Å²) in [5, 5.41) is 10.9. The van der Waals surface area contributed by atoms with Crippen LogP contribution in [0.3, 0.4) is 0 Å². The first-order valence-corrected chi connectivity index (χ1v) is 4.95. The average molecular weight is 218 g/mol. The number of nitrogens with zero attached hydrogens (tertiary/aromatic N) is 4. The fourth-order valence-corrected chi connectivity index (χ4v) is 1.30. The predicted molar refractivity (Wildman–Crippen MR) is 61.7 cm³/mol. The van der Waals surface area contributed by atoms with Gasteiger partial charge in [-0.25, -0.2) is 4.98 Å². The van der Waals surface area contributed by atoms with E-state index in [0.717, 1.165) is 17.2 Å². The Morgan fingerprint density at radius 2 is 2.31 bits per heavy atom. The lowest BCUT2D eigenvalue weighted by Gasteiger charge is -2.06. The van der Waals surface area contributed by atoms with E-state index in [2.05, 4.69) is 20.5 Å². The van der Waals surface area contributed by atoms with Gasteiger partial charge in [-0.05, 0) is 18.6 Å². The zero-order valence-electron chi connectivity index (χ0n) is 9.31. The molecule has 0 saturated heterocycles. The molecular weight excluding hydrogens is 204 g/mol. The Balaban J connectivity index is 2.05. The molecule has 16 heavy (non-hydrogen) atoms. The fourth-order valence-electron chi connectivity index (χ4n) is 1.30. The molecule has 0 saturated carbocycles. The van der Waals surface area contributed by atoms with Crippen molar-refractivity contribution in [3.05, 3.63) is 30.0 Å². The van der Waals surface area contributed by atoms with Gasteiger partial charge in [-0.1, -0.05) is 0 Å². The number of pyridine rings is 1. The summed E-state index contributed by atoms with van der Waals surface area (Å²) in [7, 11) is 1.90. The number of nitrogens with two attached hydrogens (primary N) is 1. The summed E-state index contributed by atoms with van der Waals surface area (Å²) in [6.45, 7) is 2.54. The molecule has 2 aromatic rings. The molecule has 2 rings (SSSR count). The van der Waals surface area contributed by atoms with E-state index >= 15 is 0 Å². The highest BCUT2D eigenvalue weighted by Crippen LogP contribution is 2.13. The van der Waals surface area contributed by atoms with Crippen LogP contribution in [0.25, 0.3) is 0 Å². The molecule has 6 nitrogen and oxygen atoms in total. The number of nitrogens with one attached hydrogen (secondary N) is 1. The Morgan fingerprint density at radius 3 is 2.94 bits per heavy atom. The molecule has 0 aliphatic rings. The van der Waals surface area contributed by atoms with Crippen LogP contribution in [-0.4, -0.2) is 19.7 Å². The Morgan fingerprint density at radius 1 is 1.50 bits per heavy atom. The smallest absolute Gasteiger partial charge is 0.151 e. The number of aromatic nitrogens is 4. The summed E-state index contributed by atoms with van der Waals surface area (Å²) in [4.78, 5) is 4.17. The third kappa shape index (κ3) is 2.10. The van der Waals surface area contributed by atoms with E-state index in [1.54, 1.807) is 12.5 Å². The van der Waals surface area contributed by atoms with Gasteiger partial charge in [0.2, 0.25) is 0 Å². The first kappa shape index (κ1) is 10.4. The Bertz CT molecular complexity index is 490. The highest BCUT2D eigenvalue weighted by Gasteiger charge is 2.02. The minimum absolute atomic E-state index is 0.590. The van der Waals surface area contributed by atoms with Gasteiger partial charge in [-0.15, -0.1) is 10.2 Å². The quantitative estimate of drug-likeness (QED) is 0.793. The Labute approximate surface area is 93.5 Å². The molecule has 0 radical (unpaired) electrons. The normalized spacial score (nSPS) is 10.4. The van der Waals surface area contributed by atoms with Crippen molar-refractivity contribution in [2.24, 2.45) is 7.05 Å². The lowest BCUT2D eigenvalue weighted by Crippen LogP contribution is -2.07. The van der Waals surface area contributed by atoms with Crippen molar-refractivity contribution < 1.29 is 0 Å². The second-order valence-corrected chi connectivity index (χ2v) is 3.64. The molecule has 0 unspecified atom stereocenters.